The molecule has 0 saturated carbocycles. The summed E-state index contributed by atoms with van der Waals surface area (Å²) in [5, 5.41) is 8.73. The van der Waals surface area contributed by atoms with Crippen molar-refractivity contribution in [3.63, 3.8) is 0 Å². The second kappa shape index (κ2) is 5.52. The smallest absolute Gasteiger partial charge is 0.335 e. The molecule has 0 unspecified atom stereocenters. The van der Waals surface area contributed by atoms with Gasteiger partial charge in [0.1, 0.15) is 6.61 Å². The van der Waals surface area contributed by atoms with Crippen molar-refractivity contribution in [1.29, 1.82) is 0 Å². The van der Waals surface area contributed by atoms with Crippen molar-refractivity contribution in [1.82, 2.24) is 0 Å². The van der Waals surface area contributed by atoms with Gasteiger partial charge >= 0.3 is 5.97 Å². The maximum atomic E-state index is 13.6. The first-order valence-corrected chi connectivity index (χ1v) is 5.77. The summed E-state index contributed by atoms with van der Waals surface area (Å²) in [5.74, 6) is -1.79. The Bertz CT molecular complexity index is 608. The van der Waals surface area contributed by atoms with E-state index >= 15 is 0 Å². The van der Waals surface area contributed by atoms with Gasteiger partial charge in [-0.05, 0) is 30.7 Å². The number of ether oxygens (including phenoxy) is 1. The van der Waals surface area contributed by atoms with E-state index < -0.39 is 11.8 Å². The fourth-order valence-corrected chi connectivity index (χ4v) is 1.71. The number of aryl methyl sites for hydroxylation is 1. The summed E-state index contributed by atoms with van der Waals surface area (Å²) in [7, 11) is 0. The van der Waals surface area contributed by atoms with Gasteiger partial charge in [-0.3, -0.25) is 0 Å². The number of carbonyl (C=O) groups is 1. The quantitative estimate of drug-likeness (QED) is 0.916. The van der Waals surface area contributed by atoms with Crippen LogP contribution in [0.15, 0.2) is 42.5 Å². The molecule has 2 aromatic rings. The standard InChI is InChI=1S/C15H13FO3/c1-10-3-2-4-11(7-10)9-19-14-6-5-12(15(17)18)8-13(14)16/h2-8H,9H2,1H3,(H,17,18). The largest absolute Gasteiger partial charge is 0.486 e. The highest BCUT2D eigenvalue weighted by Gasteiger charge is 2.09. The van der Waals surface area contributed by atoms with Gasteiger partial charge in [0, 0.05) is 0 Å². The van der Waals surface area contributed by atoms with E-state index in [1.54, 1.807) is 0 Å². The van der Waals surface area contributed by atoms with Crippen LogP contribution in [0.4, 0.5) is 4.39 Å². The van der Waals surface area contributed by atoms with Crippen LogP contribution in [0.2, 0.25) is 0 Å². The Morgan fingerprint density at radius 2 is 2.05 bits per heavy atom. The number of halogens is 1. The number of carboxylic acids is 1. The highest BCUT2D eigenvalue weighted by Crippen LogP contribution is 2.20. The molecule has 0 aromatic heterocycles. The average Bonchev–Trinajstić information content (AvgIpc) is 2.37. The van der Waals surface area contributed by atoms with Crippen molar-refractivity contribution in [3.8, 4) is 5.75 Å². The van der Waals surface area contributed by atoms with Gasteiger partial charge < -0.3 is 9.84 Å². The lowest BCUT2D eigenvalue weighted by Crippen LogP contribution is -2.01. The van der Waals surface area contributed by atoms with E-state index in [0.717, 1.165) is 17.2 Å². The molecule has 0 bridgehead atoms. The third kappa shape index (κ3) is 3.31. The minimum absolute atomic E-state index is 0.0477. The molecule has 0 fully saturated rings. The SMILES string of the molecule is Cc1cccc(COc2ccc(C(=O)O)cc2F)c1. The molecule has 4 heteroatoms. The van der Waals surface area contributed by atoms with Crippen LogP contribution in [0, 0.1) is 12.7 Å². The first-order valence-electron chi connectivity index (χ1n) is 5.77. The first-order chi connectivity index (χ1) is 9.06. The van der Waals surface area contributed by atoms with Crippen LogP contribution in [-0.2, 0) is 6.61 Å². The average molecular weight is 260 g/mol. The molecule has 1 N–H and O–H groups in total. The van der Waals surface area contributed by atoms with E-state index in [1.165, 1.54) is 12.1 Å². The van der Waals surface area contributed by atoms with E-state index in [4.69, 9.17) is 9.84 Å². The van der Waals surface area contributed by atoms with Crippen molar-refractivity contribution in [2.45, 2.75) is 13.5 Å². The summed E-state index contributed by atoms with van der Waals surface area (Å²) in [6.07, 6.45) is 0. The fourth-order valence-electron chi connectivity index (χ4n) is 1.71. The van der Waals surface area contributed by atoms with Crippen LogP contribution < -0.4 is 4.74 Å². The summed E-state index contributed by atoms with van der Waals surface area (Å²) in [4.78, 5) is 10.7. The van der Waals surface area contributed by atoms with E-state index in [2.05, 4.69) is 0 Å². The summed E-state index contributed by atoms with van der Waals surface area (Å²) >= 11 is 0. The minimum Gasteiger partial charge on any atom is -0.486 e. The second-order valence-corrected chi connectivity index (χ2v) is 4.23. The van der Waals surface area contributed by atoms with Gasteiger partial charge in [-0.1, -0.05) is 29.8 Å². The molecule has 0 aliphatic heterocycles. The molecule has 0 aliphatic carbocycles. The van der Waals surface area contributed by atoms with Crippen molar-refractivity contribution in [3.05, 3.63) is 65.0 Å². The van der Waals surface area contributed by atoms with Crippen LogP contribution in [0.1, 0.15) is 21.5 Å². The third-order valence-electron chi connectivity index (χ3n) is 2.66. The van der Waals surface area contributed by atoms with Crippen molar-refractivity contribution in [2.24, 2.45) is 0 Å². The lowest BCUT2D eigenvalue weighted by atomic mass is 10.1. The van der Waals surface area contributed by atoms with Crippen LogP contribution in [0.3, 0.4) is 0 Å². The number of carboxylic acid groups (broad SMARTS) is 1. The zero-order valence-corrected chi connectivity index (χ0v) is 10.4. The van der Waals surface area contributed by atoms with Crippen LogP contribution in [-0.4, -0.2) is 11.1 Å². The van der Waals surface area contributed by atoms with Gasteiger partial charge in [0.05, 0.1) is 5.56 Å². The Morgan fingerprint density at radius 3 is 2.68 bits per heavy atom. The van der Waals surface area contributed by atoms with Gasteiger partial charge in [0.15, 0.2) is 11.6 Å². The lowest BCUT2D eigenvalue weighted by molar-refractivity contribution is 0.0696. The van der Waals surface area contributed by atoms with Crippen LogP contribution >= 0.6 is 0 Å². The molecular weight excluding hydrogens is 247 g/mol. The Morgan fingerprint density at radius 1 is 1.26 bits per heavy atom. The van der Waals surface area contributed by atoms with E-state index in [0.29, 0.717) is 0 Å². The Kier molecular flexibility index (Phi) is 3.80. The van der Waals surface area contributed by atoms with Gasteiger partial charge in [0.2, 0.25) is 0 Å². The molecule has 19 heavy (non-hydrogen) atoms. The molecular formula is C15H13FO3. The van der Waals surface area contributed by atoms with E-state index in [1.807, 2.05) is 31.2 Å². The normalized spacial score (nSPS) is 10.2. The van der Waals surface area contributed by atoms with Gasteiger partial charge in [-0.15, -0.1) is 0 Å². The van der Waals surface area contributed by atoms with Crippen LogP contribution in [0.25, 0.3) is 0 Å². The molecule has 2 rings (SSSR count). The Labute approximate surface area is 110 Å². The van der Waals surface area contributed by atoms with Crippen molar-refractivity contribution < 1.29 is 19.0 Å². The summed E-state index contributed by atoms with van der Waals surface area (Å²) in [5.41, 5.74) is 1.94. The monoisotopic (exact) mass is 260 g/mol. The summed E-state index contributed by atoms with van der Waals surface area (Å²) in [6, 6.07) is 11.3. The molecule has 0 aliphatic rings. The molecule has 0 radical (unpaired) electrons. The molecule has 2 aromatic carbocycles. The number of rotatable bonds is 4. The van der Waals surface area contributed by atoms with Gasteiger partial charge in [-0.2, -0.15) is 0 Å². The highest BCUT2D eigenvalue weighted by atomic mass is 19.1. The summed E-state index contributed by atoms with van der Waals surface area (Å²) in [6.45, 7) is 2.21. The van der Waals surface area contributed by atoms with Crippen molar-refractivity contribution in [2.75, 3.05) is 0 Å². The maximum Gasteiger partial charge on any atom is 0.335 e. The predicted molar refractivity (Wildman–Crippen MR) is 68.9 cm³/mol. The fraction of sp³-hybridized carbons (Fsp3) is 0.133. The van der Waals surface area contributed by atoms with Gasteiger partial charge in [0.25, 0.3) is 0 Å². The summed E-state index contributed by atoms with van der Waals surface area (Å²) < 4.78 is 18.9. The highest BCUT2D eigenvalue weighted by molar-refractivity contribution is 5.87. The molecule has 3 nitrogen and oxygen atoms in total. The van der Waals surface area contributed by atoms with Gasteiger partial charge in [-0.25, -0.2) is 9.18 Å². The predicted octanol–water partition coefficient (Wildman–Crippen LogP) is 3.41. The Hall–Kier alpha value is -2.36. The van der Waals surface area contributed by atoms with Crippen molar-refractivity contribution >= 4 is 5.97 Å². The number of aromatic carboxylic acids is 1. The zero-order valence-electron chi connectivity index (χ0n) is 10.4. The lowest BCUT2D eigenvalue weighted by Gasteiger charge is -2.08. The number of hydrogen-bond donors (Lipinski definition) is 1. The Balaban J connectivity index is 2.10. The molecule has 0 heterocycles. The molecule has 0 amide bonds. The molecule has 0 spiro atoms. The first kappa shape index (κ1) is 13.1. The second-order valence-electron chi connectivity index (χ2n) is 4.23. The maximum absolute atomic E-state index is 13.6. The molecule has 98 valence electrons. The topological polar surface area (TPSA) is 46.5 Å². The van der Waals surface area contributed by atoms with Crippen LogP contribution in [0.5, 0.6) is 5.75 Å². The minimum atomic E-state index is -1.16. The van der Waals surface area contributed by atoms with E-state index in [9.17, 15) is 9.18 Å². The number of benzene rings is 2. The molecule has 0 saturated heterocycles. The molecule has 0 atom stereocenters. The third-order valence-corrected chi connectivity index (χ3v) is 2.66. The van der Waals surface area contributed by atoms with E-state index in [-0.39, 0.29) is 17.9 Å². The zero-order chi connectivity index (χ0) is 13.8. The number of hydrogen-bond acceptors (Lipinski definition) is 2.